The van der Waals surface area contributed by atoms with Gasteiger partial charge >= 0.3 is 0 Å². The second-order valence-corrected chi connectivity index (χ2v) is 5.93. The number of thioether (sulfide) groups is 1. The first-order chi connectivity index (χ1) is 11.2. The predicted octanol–water partition coefficient (Wildman–Crippen LogP) is 4.64. The highest BCUT2D eigenvalue weighted by Gasteiger charge is 2.35. The van der Waals surface area contributed by atoms with E-state index in [2.05, 4.69) is 6.92 Å². The summed E-state index contributed by atoms with van der Waals surface area (Å²) in [7, 11) is 0. The van der Waals surface area contributed by atoms with Crippen molar-refractivity contribution in [2.45, 2.75) is 13.3 Å². The summed E-state index contributed by atoms with van der Waals surface area (Å²) in [4.78, 5) is 26.2. The topological polar surface area (TPSA) is 50.5 Å². The molecule has 116 valence electrons. The number of imide groups is 1. The third kappa shape index (κ3) is 3.29. The summed E-state index contributed by atoms with van der Waals surface area (Å²) in [5.74, 6) is 0.393. The van der Waals surface area contributed by atoms with Crippen LogP contribution in [0.1, 0.15) is 18.2 Å². The molecule has 0 atom stereocenters. The molecule has 0 bridgehead atoms. The molecular weight excluding hydrogens is 310 g/mol. The van der Waals surface area contributed by atoms with Gasteiger partial charge in [0.1, 0.15) is 5.76 Å². The summed E-state index contributed by atoms with van der Waals surface area (Å²) in [6.45, 7) is 2.06. The number of rotatable bonds is 4. The molecule has 2 heterocycles. The van der Waals surface area contributed by atoms with Crippen LogP contribution in [0.15, 0.2) is 64.1 Å². The van der Waals surface area contributed by atoms with Gasteiger partial charge in [-0.2, -0.15) is 0 Å². The van der Waals surface area contributed by atoms with Crippen molar-refractivity contribution in [2.75, 3.05) is 4.90 Å². The molecule has 1 fully saturated rings. The lowest BCUT2D eigenvalue weighted by Gasteiger charge is -2.12. The summed E-state index contributed by atoms with van der Waals surface area (Å²) < 4.78 is 5.17. The number of allylic oxidation sites excluding steroid dienone is 2. The van der Waals surface area contributed by atoms with Crippen molar-refractivity contribution >= 4 is 34.7 Å². The van der Waals surface area contributed by atoms with Gasteiger partial charge in [0.15, 0.2) is 0 Å². The van der Waals surface area contributed by atoms with Crippen LogP contribution in [0.5, 0.6) is 0 Å². The van der Waals surface area contributed by atoms with E-state index in [0.29, 0.717) is 16.4 Å². The van der Waals surface area contributed by atoms with Gasteiger partial charge in [0, 0.05) is 0 Å². The SMILES string of the molecule is CCc1ccc(N2C(=O)SC(=CC=Cc3ccco3)C2=O)cc1. The first kappa shape index (κ1) is 15.4. The predicted molar refractivity (Wildman–Crippen MR) is 92.1 cm³/mol. The first-order valence-electron chi connectivity index (χ1n) is 7.26. The lowest BCUT2D eigenvalue weighted by molar-refractivity contribution is -0.113. The molecule has 4 nitrogen and oxygen atoms in total. The van der Waals surface area contributed by atoms with Crippen molar-refractivity contribution in [3.8, 4) is 0 Å². The van der Waals surface area contributed by atoms with Crippen LogP contribution in [0.2, 0.25) is 0 Å². The zero-order valence-corrected chi connectivity index (χ0v) is 13.4. The van der Waals surface area contributed by atoms with Crippen LogP contribution in [0.4, 0.5) is 10.5 Å². The van der Waals surface area contributed by atoms with Crippen LogP contribution in [0, 0.1) is 0 Å². The Balaban J connectivity index is 1.79. The molecule has 23 heavy (non-hydrogen) atoms. The molecule has 1 aromatic heterocycles. The van der Waals surface area contributed by atoms with Gasteiger partial charge in [-0.15, -0.1) is 0 Å². The van der Waals surface area contributed by atoms with Gasteiger partial charge in [-0.3, -0.25) is 9.59 Å². The van der Waals surface area contributed by atoms with Crippen molar-refractivity contribution in [3.63, 3.8) is 0 Å². The molecule has 3 rings (SSSR count). The molecule has 0 N–H and O–H groups in total. The molecule has 1 aliphatic heterocycles. The Morgan fingerprint density at radius 3 is 2.61 bits per heavy atom. The number of nitrogens with zero attached hydrogens (tertiary/aromatic N) is 1. The lowest BCUT2D eigenvalue weighted by atomic mass is 10.1. The van der Waals surface area contributed by atoms with Crippen molar-refractivity contribution in [1.82, 2.24) is 0 Å². The quantitative estimate of drug-likeness (QED) is 0.769. The van der Waals surface area contributed by atoms with E-state index in [9.17, 15) is 9.59 Å². The second-order valence-electron chi connectivity index (χ2n) is 4.93. The van der Waals surface area contributed by atoms with Gasteiger partial charge in [0.2, 0.25) is 0 Å². The molecule has 2 amide bonds. The van der Waals surface area contributed by atoms with Crippen molar-refractivity contribution in [1.29, 1.82) is 0 Å². The number of amides is 2. The average molecular weight is 325 g/mol. The van der Waals surface area contributed by atoms with Gasteiger partial charge < -0.3 is 4.42 Å². The molecule has 0 spiro atoms. The standard InChI is InChI=1S/C18H15NO3S/c1-2-13-8-10-14(11-9-13)19-17(20)16(23-18(19)21)7-3-5-15-6-4-12-22-15/h3-12H,2H2,1H3. The number of benzene rings is 1. The van der Waals surface area contributed by atoms with E-state index in [1.165, 1.54) is 4.90 Å². The van der Waals surface area contributed by atoms with E-state index < -0.39 is 0 Å². The Bertz CT molecular complexity index is 773. The normalized spacial score (nSPS) is 16.9. The van der Waals surface area contributed by atoms with Gasteiger partial charge in [0.05, 0.1) is 16.9 Å². The summed E-state index contributed by atoms with van der Waals surface area (Å²) in [5.41, 5.74) is 1.76. The van der Waals surface area contributed by atoms with E-state index in [1.54, 1.807) is 42.7 Å². The Morgan fingerprint density at radius 1 is 1.17 bits per heavy atom. The van der Waals surface area contributed by atoms with Crippen LogP contribution >= 0.6 is 11.8 Å². The largest absolute Gasteiger partial charge is 0.465 e. The minimum absolute atomic E-state index is 0.281. The third-order valence-corrected chi connectivity index (χ3v) is 4.34. The molecule has 1 aromatic carbocycles. The summed E-state index contributed by atoms with van der Waals surface area (Å²) >= 11 is 0.940. The second kappa shape index (κ2) is 6.71. The van der Waals surface area contributed by atoms with Gasteiger partial charge in [0.25, 0.3) is 11.1 Å². The fourth-order valence-corrected chi connectivity index (χ4v) is 2.99. The summed E-state index contributed by atoms with van der Waals surface area (Å²) in [6.07, 6.45) is 7.57. The fourth-order valence-electron chi connectivity index (χ4n) is 2.20. The maximum absolute atomic E-state index is 12.4. The Labute approximate surface area is 138 Å². The number of carbonyl (C=O) groups is 2. The number of hydrogen-bond acceptors (Lipinski definition) is 4. The lowest BCUT2D eigenvalue weighted by Crippen LogP contribution is -2.27. The van der Waals surface area contributed by atoms with Crippen LogP contribution in [0.3, 0.4) is 0 Å². The van der Waals surface area contributed by atoms with E-state index in [1.807, 2.05) is 18.2 Å². The fraction of sp³-hybridized carbons (Fsp3) is 0.111. The molecule has 0 unspecified atom stereocenters. The number of hydrogen-bond donors (Lipinski definition) is 0. The van der Waals surface area contributed by atoms with Crippen molar-refractivity contribution < 1.29 is 14.0 Å². The Hall–Kier alpha value is -2.53. The van der Waals surface area contributed by atoms with Crippen molar-refractivity contribution in [2.24, 2.45) is 0 Å². The van der Waals surface area contributed by atoms with Crippen molar-refractivity contribution in [3.05, 3.63) is 71.0 Å². The molecular formula is C18H15NO3S. The molecule has 0 saturated carbocycles. The number of furan rings is 1. The highest BCUT2D eigenvalue weighted by molar-refractivity contribution is 8.18. The Morgan fingerprint density at radius 2 is 1.96 bits per heavy atom. The molecule has 1 aliphatic rings. The number of carbonyl (C=O) groups excluding carboxylic acids is 2. The molecule has 0 radical (unpaired) electrons. The monoisotopic (exact) mass is 325 g/mol. The summed E-state index contributed by atoms with van der Waals surface area (Å²) in [5, 5.41) is -0.281. The van der Waals surface area contributed by atoms with Crippen LogP contribution in [0.25, 0.3) is 6.08 Å². The van der Waals surface area contributed by atoms with Gasteiger partial charge in [-0.05, 0) is 60.2 Å². The maximum atomic E-state index is 12.4. The molecule has 5 heteroatoms. The molecule has 1 saturated heterocycles. The molecule has 0 aliphatic carbocycles. The first-order valence-corrected chi connectivity index (χ1v) is 8.08. The van der Waals surface area contributed by atoms with E-state index in [0.717, 1.165) is 23.7 Å². The third-order valence-electron chi connectivity index (χ3n) is 3.45. The Kier molecular flexibility index (Phi) is 4.48. The van der Waals surface area contributed by atoms with E-state index in [4.69, 9.17) is 4.42 Å². The van der Waals surface area contributed by atoms with E-state index >= 15 is 0 Å². The van der Waals surface area contributed by atoms with Crippen LogP contribution in [-0.2, 0) is 11.2 Å². The van der Waals surface area contributed by atoms with Gasteiger partial charge in [-0.1, -0.05) is 25.1 Å². The van der Waals surface area contributed by atoms with Gasteiger partial charge in [-0.25, -0.2) is 4.90 Å². The zero-order chi connectivity index (χ0) is 16.2. The zero-order valence-electron chi connectivity index (χ0n) is 12.6. The number of aryl methyl sites for hydroxylation is 1. The minimum Gasteiger partial charge on any atom is -0.465 e. The highest BCUT2D eigenvalue weighted by atomic mass is 32.2. The molecule has 2 aromatic rings. The number of anilines is 1. The van der Waals surface area contributed by atoms with Crippen LogP contribution in [-0.4, -0.2) is 11.1 Å². The maximum Gasteiger partial charge on any atom is 0.298 e. The summed E-state index contributed by atoms with van der Waals surface area (Å²) in [6, 6.07) is 11.1. The van der Waals surface area contributed by atoms with Crippen LogP contribution < -0.4 is 4.90 Å². The minimum atomic E-state index is -0.298. The van der Waals surface area contributed by atoms with E-state index in [-0.39, 0.29) is 11.1 Å². The average Bonchev–Trinajstić information content (AvgIpc) is 3.17. The smallest absolute Gasteiger partial charge is 0.298 e. The highest BCUT2D eigenvalue weighted by Crippen LogP contribution is 2.34.